The topological polar surface area (TPSA) is 23.6 Å². The van der Waals surface area contributed by atoms with Crippen molar-refractivity contribution in [2.45, 2.75) is 53.1 Å². The molecule has 0 N–H and O–H groups in total. The second-order valence-electron chi connectivity index (χ2n) is 5.34. The molecular weight excluding hydrogens is 200 g/mol. The lowest BCUT2D eigenvalue weighted by Crippen LogP contribution is -2.58. The fourth-order valence-electron chi connectivity index (χ4n) is 2.51. The van der Waals surface area contributed by atoms with Crippen molar-refractivity contribution in [1.82, 2.24) is 9.80 Å². The average Bonchev–Trinajstić information content (AvgIpc) is 2.26. The first-order valence-corrected chi connectivity index (χ1v) is 6.50. The van der Waals surface area contributed by atoms with Gasteiger partial charge in [-0.05, 0) is 19.8 Å². The second-order valence-corrected chi connectivity index (χ2v) is 5.34. The monoisotopic (exact) mass is 226 g/mol. The Bertz CT molecular complexity index is 238. The molecule has 1 amide bonds. The maximum atomic E-state index is 11.7. The summed E-state index contributed by atoms with van der Waals surface area (Å²) < 4.78 is 0. The molecule has 1 fully saturated rings. The lowest BCUT2D eigenvalue weighted by Gasteiger charge is -2.45. The molecule has 16 heavy (non-hydrogen) atoms. The van der Waals surface area contributed by atoms with Gasteiger partial charge in [0.05, 0.1) is 0 Å². The summed E-state index contributed by atoms with van der Waals surface area (Å²) in [6.45, 7) is 13.8. The van der Waals surface area contributed by atoms with Gasteiger partial charge in [0.15, 0.2) is 0 Å². The molecule has 1 unspecified atom stereocenters. The van der Waals surface area contributed by atoms with Crippen LogP contribution in [0.4, 0.5) is 0 Å². The first kappa shape index (κ1) is 13.5. The first-order chi connectivity index (χ1) is 7.47. The van der Waals surface area contributed by atoms with Crippen LogP contribution in [0.1, 0.15) is 41.0 Å². The largest absolute Gasteiger partial charge is 0.340 e. The quantitative estimate of drug-likeness (QED) is 0.734. The molecule has 1 aliphatic heterocycles. The van der Waals surface area contributed by atoms with E-state index in [-0.39, 0.29) is 0 Å². The van der Waals surface area contributed by atoms with E-state index in [0.29, 0.717) is 30.3 Å². The molecule has 0 aromatic carbocycles. The van der Waals surface area contributed by atoms with E-state index >= 15 is 0 Å². The lowest BCUT2D eigenvalue weighted by atomic mass is 9.98. The van der Waals surface area contributed by atoms with E-state index in [4.69, 9.17) is 0 Å². The molecule has 1 rings (SSSR count). The van der Waals surface area contributed by atoms with Gasteiger partial charge in [-0.3, -0.25) is 9.69 Å². The number of hydrogen-bond acceptors (Lipinski definition) is 2. The summed E-state index contributed by atoms with van der Waals surface area (Å²) in [5.74, 6) is 0.906. The van der Waals surface area contributed by atoms with Gasteiger partial charge < -0.3 is 4.90 Å². The SMILES string of the molecule is CCC(=O)N1CCN(C(C)C)C(C(C)C)C1. The van der Waals surface area contributed by atoms with E-state index < -0.39 is 0 Å². The van der Waals surface area contributed by atoms with Crippen LogP contribution in [0.5, 0.6) is 0 Å². The van der Waals surface area contributed by atoms with Crippen LogP contribution in [-0.4, -0.2) is 47.4 Å². The molecule has 3 heteroatoms. The van der Waals surface area contributed by atoms with Crippen LogP contribution >= 0.6 is 0 Å². The minimum Gasteiger partial charge on any atom is -0.340 e. The minimum atomic E-state index is 0.300. The Balaban J connectivity index is 2.68. The van der Waals surface area contributed by atoms with Crippen LogP contribution in [0.3, 0.4) is 0 Å². The highest BCUT2D eigenvalue weighted by Gasteiger charge is 2.31. The molecule has 1 heterocycles. The number of piperazine rings is 1. The number of nitrogens with zero attached hydrogens (tertiary/aromatic N) is 2. The average molecular weight is 226 g/mol. The Hall–Kier alpha value is -0.570. The van der Waals surface area contributed by atoms with Crippen molar-refractivity contribution in [3.05, 3.63) is 0 Å². The molecule has 0 radical (unpaired) electrons. The Kier molecular flexibility index (Phi) is 4.78. The summed E-state index contributed by atoms with van der Waals surface area (Å²) in [4.78, 5) is 16.3. The summed E-state index contributed by atoms with van der Waals surface area (Å²) in [7, 11) is 0. The summed E-state index contributed by atoms with van der Waals surface area (Å²) in [5.41, 5.74) is 0. The Morgan fingerprint density at radius 2 is 1.88 bits per heavy atom. The molecule has 0 aromatic rings. The molecule has 0 bridgehead atoms. The summed E-state index contributed by atoms with van der Waals surface area (Å²) in [5, 5.41) is 0. The molecular formula is C13H26N2O. The maximum Gasteiger partial charge on any atom is 0.222 e. The maximum absolute atomic E-state index is 11.7. The van der Waals surface area contributed by atoms with E-state index in [1.807, 2.05) is 11.8 Å². The van der Waals surface area contributed by atoms with Crippen molar-refractivity contribution in [2.24, 2.45) is 5.92 Å². The molecule has 0 saturated carbocycles. The Labute approximate surface area is 99.8 Å². The standard InChI is InChI=1S/C13H26N2O/c1-6-13(16)14-7-8-15(11(4)5)12(9-14)10(2)3/h10-12H,6-9H2,1-5H3. The minimum absolute atomic E-state index is 0.300. The molecule has 1 atom stereocenters. The smallest absolute Gasteiger partial charge is 0.222 e. The van der Waals surface area contributed by atoms with Crippen molar-refractivity contribution in [3.8, 4) is 0 Å². The van der Waals surface area contributed by atoms with Crippen molar-refractivity contribution in [3.63, 3.8) is 0 Å². The van der Waals surface area contributed by atoms with E-state index in [2.05, 4.69) is 32.6 Å². The zero-order valence-corrected chi connectivity index (χ0v) is 11.4. The number of carbonyl (C=O) groups excluding carboxylic acids is 1. The second kappa shape index (κ2) is 5.67. The molecule has 94 valence electrons. The third-order valence-corrected chi connectivity index (χ3v) is 3.55. The highest BCUT2D eigenvalue weighted by Crippen LogP contribution is 2.20. The van der Waals surface area contributed by atoms with E-state index in [0.717, 1.165) is 19.6 Å². The van der Waals surface area contributed by atoms with Gasteiger partial charge in [0.2, 0.25) is 5.91 Å². The third kappa shape index (κ3) is 2.97. The predicted octanol–water partition coefficient (Wildman–Crippen LogP) is 1.97. The van der Waals surface area contributed by atoms with E-state index in [1.165, 1.54) is 0 Å². The Morgan fingerprint density at radius 3 is 2.31 bits per heavy atom. The number of hydrogen-bond donors (Lipinski definition) is 0. The fraction of sp³-hybridized carbons (Fsp3) is 0.923. The van der Waals surface area contributed by atoms with Crippen LogP contribution in [0.15, 0.2) is 0 Å². The third-order valence-electron chi connectivity index (χ3n) is 3.55. The number of carbonyl (C=O) groups is 1. The fourth-order valence-corrected chi connectivity index (χ4v) is 2.51. The van der Waals surface area contributed by atoms with Gasteiger partial charge in [0.25, 0.3) is 0 Å². The lowest BCUT2D eigenvalue weighted by molar-refractivity contribution is -0.134. The zero-order chi connectivity index (χ0) is 12.3. The van der Waals surface area contributed by atoms with Gasteiger partial charge in [0, 0.05) is 38.1 Å². The highest BCUT2D eigenvalue weighted by molar-refractivity contribution is 5.76. The summed E-state index contributed by atoms with van der Waals surface area (Å²) in [6, 6.07) is 1.09. The van der Waals surface area contributed by atoms with Gasteiger partial charge in [-0.15, -0.1) is 0 Å². The van der Waals surface area contributed by atoms with Crippen LogP contribution in [0, 0.1) is 5.92 Å². The molecule has 3 nitrogen and oxygen atoms in total. The van der Waals surface area contributed by atoms with Crippen LogP contribution in [0.25, 0.3) is 0 Å². The predicted molar refractivity (Wildman–Crippen MR) is 67.3 cm³/mol. The zero-order valence-electron chi connectivity index (χ0n) is 11.4. The summed E-state index contributed by atoms with van der Waals surface area (Å²) in [6.07, 6.45) is 0.631. The first-order valence-electron chi connectivity index (χ1n) is 6.50. The van der Waals surface area contributed by atoms with E-state index in [9.17, 15) is 4.79 Å². The van der Waals surface area contributed by atoms with Gasteiger partial charge in [-0.2, -0.15) is 0 Å². The molecule has 0 spiro atoms. The van der Waals surface area contributed by atoms with Crippen molar-refractivity contribution >= 4 is 5.91 Å². The Morgan fingerprint density at radius 1 is 1.25 bits per heavy atom. The molecule has 0 aliphatic carbocycles. The van der Waals surface area contributed by atoms with Gasteiger partial charge in [-0.25, -0.2) is 0 Å². The molecule has 1 saturated heterocycles. The van der Waals surface area contributed by atoms with Crippen molar-refractivity contribution < 1.29 is 4.79 Å². The summed E-state index contributed by atoms with van der Waals surface area (Å²) >= 11 is 0. The van der Waals surface area contributed by atoms with Gasteiger partial charge in [0.1, 0.15) is 0 Å². The number of rotatable bonds is 3. The van der Waals surface area contributed by atoms with Crippen LogP contribution in [-0.2, 0) is 4.79 Å². The number of amides is 1. The van der Waals surface area contributed by atoms with Crippen molar-refractivity contribution in [1.29, 1.82) is 0 Å². The van der Waals surface area contributed by atoms with Crippen LogP contribution in [0.2, 0.25) is 0 Å². The highest BCUT2D eigenvalue weighted by atomic mass is 16.2. The normalized spacial score (nSPS) is 23.2. The van der Waals surface area contributed by atoms with Gasteiger partial charge in [-0.1, -0.05) is 20.8 Å². The molecule has 1 aliphatic rings. The van der Waals surface area contributed by atoms with Crippen molar-refractivity contribution in [2.75, 3.05) is 19.6 Å². The van der Waals surface area contributed by atoms with E-state index in [1.54, 1.807) is 0 Å². The molecule has 0 aromatic heterocycles. The van der Waals surface area contributed by atoms with Gasteiger partial charge >= 0.3 is 0 Å². The van der Waals surface area contributed by atoms with Crippen LogP contribution < -0.4 is 0 Å².